The molecule has 0 unspecified atom stereocenters. The van der Waals surface area contributed by atoms with Gasteiger partial charge >= 0.3 is 0 Å². The van der Waals surface area contributed by atoms with Crippen molar-refractivity contribution >= 4 is 5.65 Å². The van der Waals surface area contributed by atoms with Crippen molar-refractivity contribution in [2.24, 2.45) is 0 Å². The minimum absolute atomic E-state index is 0.0278. The zero-order chi connectivity index (χ0) is 12.0. The summed E-state index contributed by atoms with van der Waals surface area (Å²) in [6, 6.07) is 1.95. The molecule has 17 heavy (non-hydrogen) atoms. The maximum Gasteiger partial charge on any atom is 0.276 e. The van der Waals surface area contributed by atoms with Crippen LogP contribution >= 0.6 is 0 Å². The van der Waals surface area contributed by atoms with Crippen molar-refractivity contribution in [2.75, 3.05) is 6.61 Å². The summed E-state index contributed by atoms with van der Waals surface area (Å²) in [6.45, 7) is 1.79. The van der Waals surface area contributed by atoms with Crippen molar-refractivity contribution < 1.29 is 5.11 Å². The molecule has 0 radical (unpaired) electrons. The van der Waals surface area contributed by atoms with Crippen LogP contribution in [0.25, 0.3) is 5.65 Å². The van der Waals surface area contributed by atoms with Gasteiger partial charge in [-0.05, 0) is 19.8 Å². The second-order valence-electron chi connectivity index (χ2n) is 4.63. The first-order valence-electron chi connectivity index (χ1n) is 5.92. The third kappa shape index (κ3) is 1.67. The van der Waals surface area contributed by atoms with E-state index in [0.717, 1.165) is 5.69 Å². The van der Waals surface area contributed by atoms with E-state index in [4.69, 9.17) is 5.11 Å². The highest BCUT2D eigenvalue weighted by Gasteiger charge is 2.26. The number of aromatic amines is 1. The number of nitrogens with zero attached hydrogens (tertiary/aromatic N) is 2. The molecule has 0 aromatic carbocycles. The normalized spacial score (nSPS) is 15.6. The number of hydrogen-bond donors (Lipinski definition) is 2. The fraction of sp³-hybridized carbons (Fsp3) is 0.500. The van der Waals surface area contributed by atoms with Crippen LogP contribution in [-0.2, 0) is 6.42 Å². The molecule has 0 bridgehead atoms. The molecule has 5 heteroatoms. The topological polar surface area (TPSA) is 70.4 Å². The van der Waals surface area contributed by atoms with Crippen LogP contribution in [0.1, 0.15) is 35.7 Å². The van der Waals surface area contributed by atoms with Crippen molar-refractivity contribution in [2.45, 2.75) is 32.1 Å². The molecule has 90 valence electrons. The predicted molar refractivity (Wildman–Crippen MR) is 63.3 cm³/mol. The summed E-state index contributed by atoms with van der Waals surface area (Å²) in [4.78, 5) is 16.6. The van der Waals surface area contributed by atoms with Crippen molar-refractivity contribution in [1.29, 1.82) is 0 Å². The van der Waals surface area contributed by atoms with E-state index in [9.17, 15) is 4.79 Å². The van der Waals surface area contributed by atoms with Crippen molar-refractivity contribution in [3.05, 3.63) is 33.4 Å². The Hall–Kier alpha value is -1.62. The number of aliphatic hydroxyl groups is 1. The minimum atomic E-state index is -0.0894. The lowest BCUT2D eigenvalue weighted by atomic mass is 10.2. The molecule has 0 amide bonds. The molecule has 1 aliphatic rings. The molecule has 3 rings (SSSR count). The maximum absolute atomic E-state index is 12.2. The summed E-state index contributed by atoms with van der Waals surface area (Å²) in [6.07, 6.45) is 2.73. The van der Waals surface area contributed by atoms with Gasteiger partial charge in [0, 0.05) is 42.0 Å². The van der Waals surface area contributed by atoms with Crippen LogP contribution < -0.4 is 5.56 Å². The number of aromatic nitrogens is 3. The molecule has 0 aliphatic heterocycles. The molecular formula is C12H15N3O2. The Morgan fingerprint density at radius 3 is 3.00 bits per heavy atom. The van der Waals surface area contributed by atoms with Crippen LogP contribution in [0.3, 0.4) is 0 Å². The van der Waals surface area contributed by atoms with E-state index in [1.165, 1.54) is 17.4 Å². The fourth-order valence-electron chi connectivity index (χ4n) is 2.19. The van der Waals surface area contributed by atoms with Crippen molar-refractivity contribution in [1.82, 2.24) is 14.6 Å². The van der Waals surface area contributed by atoms with E-state index in [-0.39, 0.29) is 12.2 Å². The van der Waals surface area contributed by atoms with Gasteiger partial charge in [-0.1, -0.05) is 0 Å². The second kappa shape index (κ2) is 3.70. The summed E-state index contributed by atoms with van der Waals surface area (Å²) >= 11 is 0. The van der Waals surface area contributed by atoms with E-state index < -0.39 is 0 Å². The number of aryl methyl sites for hydroxylation is 1. The Balaban J connectivity index is 2.21. The molecule has 1 aliphatic carbocycles. The Labute approximate surface area is 98.1 Å². The lowest BCUT2D eigenvalue weighted by Crippen LogP contribution is -2.22. The maximum atomic E-state index is 12.2. The third-order valence-electron chi connectivity index (χ3n) is 3.31. The SMILES string of the molecule is Cc1nc2cc(C3CC3)[nH]n2c(=O)c1CCO. The average Bonchev–Trinajstić information content (AvgIpc) is 3.06. The highest BCUT2D eigenvalue weighted by Crippen LogP contribution is 2.39. The summed E-state index contributed by atoms with van der Waals surface area (Å²) in [5.74, 6) is 0.567. The molecule has 1 fully saturated rings. The zero-order valence-electron chi connectivity index (χ0n) is 9.73. The van der Waals surface area contributed by atoms with Gasteiger partial charge in [0.05, 0.1) is 0 Å². The first kappa shape index (κ1) is 10.5. The highest BCUT2D eigenvalue weighted by molar-refractivity contribution is 5.43. The fourth-order valence-corrected chi connectivity index (χ4v) is 2.19. The second-order valence-corrected chi connectivity index (χ2v) is 4.63. The van der Waals surface area contributed by atoms with Gasteiger partial charge in [-0.2, -0.15) is 0 Å². The largest absolute Gasteiger partial charge is 0.396 e. The molecule has 0 saturated heterocycles. The van der Waals surface area contributed by atoms with Crippen LogP contribution in [0.5, 0.6) is 0 Å². The Morgan fingerprint density at radius 1 is 1.59 bits per heavy atom. The molecule has 1 saturated carbocycles. The molecule has 2 aromatic heterocycles. The Bertz CT molecular complexity index is 622. The van der Waals surface area contributed by atoms with Crippen LogP contribution in [-0.4, -0.2) is 26.3 Å². The first-order chi connectivity index (χ1) is 8.20. The van der Waals surface area contributed by atoms with Gasteiger partial charge in [0.2, 0.25) is 0 Å². The standard InChI is InChI=1S/C12H15N3O2/c1-7-9(4-5-16)12(17)15-11(13-7)6-10(14-15)8-2-3-8/h6,8,14,16H,2-5H2,1H3. The van der Waals surface area contributed by atoms with Crippen LogP contribution in [0, 0.1) is 6.92 Å². The third-order valence-corrected chi connectivity index (χ3v) is 3.31. The van der Waals surface area contributed by atoms with E-state index in [2.05, 4.69) is 10.1 Å². The van der Waals surface area contributed by atoms with Gasteiger partial charge in [0.15, 0.2) is 5.65 Å². The molecule has 2 N–H and O–H groups in total. The summed E-state index contributed by atoms with van der Waals surface area (Å²) in [5, 5.41) is 12.1. The molecule has 0 atom stereocenters. The van der Waals surface area contributed by atoms with Gasteiger partial charge in [0.1, 0.15) is 0 Å². The van der Waals surface area contributed by atoms with Gasteiger partial charge in [-0.15, -0.1) is 0 Å². The molecule has 2 heterocycles. The number of hydrogen-bond acceptors (Lipinski definition) is 3. The Morgan fingerprint density at radius 2 is 2.35 bits per heavy atom. The van der Waals surface area contributed by atoms with E-state index in [1.54, 1.807) is 0 Å². The van der Waals surface area contributed by atoms with Crippen LogP contribution in [0.4, 0.5) is 0 Å². The number of H-pyrrole nitrogens is 1. The quantitative estimate of drug-likeness (QED) is 0.821. The predicted octanol–water partition coefficient (Wildman–Crippen LogP) is 0.743. The molecule has 0 spiro atoms. The molecule has 5 nitrogen and oxygen atoms in total. The van der Waals surface area contributed by atoms with Crippen molar-refractivity contribution in [3.63, 3.8) is 0 Å². The summed E-state index contributed by atoms with van der Waals surface area (Å²) in [5.41, 5.74) is 2.99. The molecular weight excluding hydrogens is 218 g/mol. The average molecular weight is 233 g/mol. The van der Waals surface area contributed by atoms with E-state index >= 15 is 0 Å². The van der Waals surface area contributed by atoms with Crippen molar-refractivity contribution in [3.8, 4) is 0 Å². The van der Waals surface area contributed by atoms with Crippen LogP contribution in [0.15, 0.2) is 10.9 Å². The van der Waals surface area contributed by atoms with E-state index in [1.807, 2.05) is 13.0 Å². The number of aliphatic hydroxyl groups excluding tert-OH is 1. The lowest BCUT2D eigenvalue weighted by Gasteiger charge is -2.02. The van der Waals surface area contributed by atoms with Crippen LogP contribution in [0.2, 0.25) is 0 Å². The molecule has 2 aromatic rings. The number of rotatable bonds is 3. The Kier molecular flexibility index (Phi) is 2.29. The smallest absolute Gasteiger partial charge is 0.276 e. The number of fused-ring (bicyclic) bond motifs is 1. The summed E-state index contributed by atoms with van der Waals surface area (Å²) in [7, 11) is 0. The van der Waals surface area contributed by atoms with Gasteiger partial charge in [0.25, 0.3) is 5.56 Å². The summed E-state index contributed by atoms with van der Waals surface area (Å²) < 4.78 is 1.49. The lowest BCUT2D eigenvalue weighted by molar-refractivity contribution is 0.298. The van der Waals surface area contributed by atoms with Gasteiger partial charge in [-0.3, -0.25) is 9.89 Å². The number of nitrogens with one attached hydrogen (secondary N) is 1. The first-order valence-corrected chi connectivity index (χ1v) is 5.92. The van der Waals surface area contributed by atoms with E-state index in [0.29, 0.717) is 29.2 Å². The minimum Gasteiger partial charge on any atom is -0.396 e. The van der Waals surface area contributed by atoms with Gasteiger partial charge in [-0.25, -0.2) is 9.50 Å². The monoisotopic (exact) mass is 233 g/mol. The van der Waals surface area contributed by atoms with Gasteiger partial charge < -0.3 is 5.11 Å². The zero-order valence-corrected chi connectivity index (χ0v) is 9.73. The highest BCUT2D eigenvalue weighted by atomic mass is 16.3.